The highest BCUT2D eigenvalue weighted by molar-refractivity contribution is 5.89. The number of carbonyl (C=O) groups excluding carboxylic acids is 2. The van der Waals surface area contributed by atoms with Gasteiger partial charge in [-0.05, 0) is 25.8 Å². The minimum Gasteiger partial charge on any atom is -0.461 e. The number of fused-ring (bicyclic) bond motifs is 1. The standard InChI is InChI=1S/C15H19NO5/c1-4-6-20-13(17)12-7-11-10(9(3)16-12)8-21-14(18)15(11,19)5-2/h7,19H,4-6,8H2,1-3H3/t15-/m0/s1. The Morgan fingerprint density at radius 2 is 2.24 bits per heavy atom. The zero-order chi connectivity index (χ0) is 15.6. The lowest BCUT2D eigenvalue weighted by Gasteiger charge is -2.32. The molecule has 0 saturated heterocycles. The maximum Gasteiger partial charge on any atom is 0.356 e. The fourth-order valence-corrected chi connectivity index (χ4v) is 2.33. The molecule has 0 spiro atoms. The molecule has 0 unspecified atom stereocenters. The van der Waals surface area contributed by atoms with E-state index in [0.29, 0.717) is 29.8 Å². The molecule has 1 aliphatic rings. The summed E-state index contributed by atoms with van der Waals surface area (Å²) >= 11 is 0. The monoisotopic (exact) mass is 293 g/mol. The average Bonchev–Trinajstić information content (AvgIpc) is 2.48. The largest absolute Gasteiger partial charge is 0.461 e. The van der Waals surface area contributed by atoms with E-state index < -0.39 is 17.5 Å². The predicted molar refractivity (Wildman–Crippen MR) is 73.5 cm³/mol. The van der Waals surface area contributed by atoms with Crippen molar-refractivity contribution in [1.82, 2.24) is 4.98 Å². The van der Waals surface area contributed by atoms with Crippen molar-refractivity contribution in [3.8, 4) is 0 Å². The zero-order valence-electron chi connectivity index (χ0n) is 12.4. The highest BCUT2D eigenvalue weighted by Gasteiger charge is 2.44. The molecule has 0 amide bonds. The summed E-state index contributed by atoms with van der Waals surface area (Å²) in [5, 5.41) is 10.6. The number of ether oxygens (including phenoxy) is 2. The molecule has 0 fully saturated rings. The van der Waals surface area contributed by atoms with Crippen LogP contribution in [0.1, 0.15) is 54.0 Å². The van der Waals surface area contributed by atoms with E-state index in [0.717, 1.165) is 0 Å². The van der Waals surface area contributed by atoms with Crippen molar-refractivity contribution >= 4 is 11.9 Å². The summed E-state index contributed by atoms with van der Waals surface area (Å²) < 4.78 is 10.1. The predicted octanol–water partition coefficient (Wildman–Crippen LogP) is 1.61. The summed E-state index contributed by atoms with van der Waals surface area (Å²) in [5.74, 6) is -1.25. The van der Waals surface area contributed by atoms with Crippen molar-refractivity contribution in [1.29, 1.82) is 0 Å². The Balaban J connectivity index is 2.49. The van der Waals surface area contributed by atoms with Gasteiger partial charge in [-0.25, -0.2) is 14.6 Å². The smallest absolute Gasteiger partial charge is 0.356 e. The molecule has 2 heterocycles. The molecule has 2 rings (SSSR count). The van der Waals surface area contributed by atoms with Crippen LogP contribution in [-0.4, -0.2) is 28.6 Å². The van der Waals surface area contributed by atoms with Gasteiger partial charge in [0.2, 0.25) is 0 Å². The van der Waals surface area contributed by atoms with E-state index in [4.69, 9.17) is 9.47 Å². The summed E-state index contributed by atoms with van der Waals surface area (Å²) in [4.78, 5) is 28.0. The van der Waals surface area contributed by atoms with Crippen LogP contribution in [0.15, 0.2) is 6.07 Å². The number of nitrogens with zero attached hydrogens (tertiary/aromatic N) is 1. The second-order valence-electron chi connectivity index (χ2n) is 5.04. The Labute approximate surface area is 123 Å². The van der Waals surface area contributed by atoms with Gasteiger partial charge < -0.3 is 14.6 Å². The van der Waals surface area contributed by atoms with Crippen LogP contribution >= 0.6 is 0 Å². The number of rotatable bonds is 4. The van der Waals surface area contributed by atoms with Crippen LogP contribution in [0.5, 0.6) is 0 Å². The number of aryl methyl sites for hydroxylation is 1. The van der Waals surface area contributed by atoms with Crippen molar-refractivity contribution in [2.75, 3.05) is 6.61 Å². The molecule has 0 aromatic carbocycles. The molecule has 21 heavy (non-hydrogen) atoms. The van der Waals surface area contributed by atoms with Crippen LogP contribution in [0.25, 0.3) is 0 Å². The summed E-state index contributed by atoms with van der Waals surface area (Å²) in [6.07, 6.45) is 0.868. The second kappa shape index (κ2) is 5.81. The first-order valence-electron chi connectivity index (χ1n) is 7.01. The number of hydrogen-bond acceptors (Lipinski definition) is 6. The summed E-state index contributed by atoms with van der Waals surface area (Å²) in [7, 11) is 0. The van der Waals surface area contributed by atoms with E-state index in [9.17, 15) is 14.7 Å². The molecule has 1 N–H and O–H groups in total. The molecule has 1 aliphatic heterocycles. The number of pyridine rings is 1. The first-order valence-corrected chi connectivity index (χ1v) is 7.01. The first-order chi connectivity index (χ1) is 9.93. The van der Waals surface area contributed by atoms with Crippen molar-refractivity contribution in [3.63, 3.8) is 0 Å². The fourth-order valence-electron chi connectivity index (χ4n) is 2.33. The van der Waals surface area contributed by atoms with Gasteiger partial charge in [-0.15, -0.1) is 0 Å². The maximum absolute atomic E-state index is 11.9. The molecule has 114 valence electrons. The van der Waals surface area contributed by atoms with Gasteiger partial charge in [-0.3, -0.25) is 0 Å². The van der Waals surface area contributed by atoms with E-state index in [1.165, 1.54) is 6.07 Å². The van der Waals surface area contributed by atoms with E-state index in [1.54, 1.807) is 13.8 Å². The minimum absolute atomic E-state index is 0.0552. The quantitative estimate of drug-likeness (QED) is 0.849. The molecule has 0 bridgehead atoms. The highest BCUT2D eigenvalue weighted by Crippen LogP contribution is 2.35. The van der Waals surface area contributed by atoms with Gasteiger partial charge in [0, 0.05) is 16.8 Å². The Morgan fingerprint density at radius 3 is 2.86 bits per heavy atom. The fraction of sp³-hybridized carbons (Fsp3) is 0.533. The number of cyclic esters (lactones) is 1. The summed E-state index contributed by atoms with van der Waals surface area (Å²) in [5.41, 5.74) is -0.0547. The third-order valence-electron chi connectivity index (χ3n) is 3.62. The summed E-state index contributed by atoms with van der Waals surface area (Å²) in [6.45, 7) is 5.65. The Hall–Kier alpha value is -1.95. The van der Waals surface area contributed by atoms with Gasteiger partial charge in [-0.1, -0.05) is 13.8 Å². The van der Waals surface area contributed by atoms with Crippen molar-refractivity contribution in [2.24, 2.45) is 0 Å². The molecule has 0 saturated carbocycles. The van der Waals surface area contributed by atoms with Crippen LogP contribution in [-0.2, 0) is 26.5 Å². The molecule has 0 aliphatic carbocycles. The van der Waals surface area contributed by atoms with E-state index in [-0.39, 0.29) is 18.7 Å². The molecule has 0 radical (unpaired) electrons. The number of carbonyl (C=O) groups is 2. The van der Waals surface area contributed by atoms with Crippen molar-refractivity contribution in [2.45, 2.75) is 45.8 Å². The third-order valence-corrected chi connectivity index (χ3v) is 3.62. The number of aliphatic hydroxyl groups is 1. The minimum atomic E-state index is -1.74. The average molecular weight is 293 g/mol. The van der Waals surface area contributed by atoms with E-state index in [1.807, 2.05) is 6.92 Å². The van der Waals surface area contributed by atoms with Gasteiger partial charge in [0.05, 0.1) is 6.61 Å². The van der Waals surface area contributed by atoms with Crippen molar-refractivity contribution in [3.05, 3.63) is 28.6 Å². The number of hydrogen-bond donors (Lipinski definition) is 1. The van der Waals surface area contributed by atoms with Crippen LogP contribution in [0.2, 0.25) is 0 Å². The lowest BCUT2D eigenvalue weighted by Crippen LogP contribution is -2.41. The number of aromatic nitrogens is 1. The van der Waals surface area contributed by atoms with Crippen LogP contribution in [0, 0.1) is 6.92 Å². The molecule has 6 heteroatoms. The second-order valence-corrected chi connectivity index (χ2v) is 5.04. The number of esters is 2. The maximum atomic E-state index is 11.9. The summed E-state index contributed by atoms with van der Waals surface area (Å²) in [6, 6.07) is 1.43. The Morgan fingerprint density at radius 1 is 1.52 bits per heavy atom. The van der Waals surface area contributed by atoms with E-state index in [2.05, 4.69) is 4.98 Å². The van der Waals surface area contributed by atoms with Crippen molar-refractivity contribution < 1.29 is 24.2 Å². The molecule has 1 aromatic heterocycles. The lowest BCUT2D eigenvalue weighted by atomic mass is 9.85. The van der Waals surface area contributed by atoms with Gasteiger partial charge in [0.1, 0.15) is 12.3 Å². The van der Waals surface area contributed by atoms with Gasteiger partial charge in [0.15, 0.2) is 5.60 Å². The van der Waals surface area contributed by atoms with Crippen LogP contribution in [0.3, 0.4) is 0 Å². The van der Waals surface area contributed by atoms with Crippen LogP contribution in [0.4, 0.5) is 0 Å². The first kappa shape index (κ1) is 15.4. The highest BCUT2D eigenvalue weighted by atomic mass is 16.6. The Bertz CT molecular complexity index is 584. The van der Waals surface area contributed by atoms with Crippen LogP contribution < -0.4 is 0 Å². The Kier molecular flexibility index (Phi) is 4.27. The molecular formula is C15H19NO5. The molecule has 1 atom stereocenters. The zero-order valence-corrected chi connectivity index (χ0v) is 12.4. The topological polar surface area (TPSA) is 85.7 Å². The van der Waals surface area contributed by atoms with Gasteiger partial charge >= 0.3 is 11.9 Å². The molecule has 6 nitrogen and oxygen atoms in total. The van der Waals surface area contributed by atoms with E-state index >= 15 is 0 Å². The lowest BCUT2D eigenvalue weighted by molar-refractivity contribution is -0.172. The third kappa shape index (κ3) is 2.63. The molecule has 1 aromatic rings. The SMILES string of the molecule is CCCOC(=O)c1cc2c(c(C)n1)COC(=O)[C@]2(O)CC. The van der Waals surface area contributed by atoms with Gasteiger partial charge in [0.25, 0.3) is 0 Å². The normalized spacial score (nSPS) is 20.7. The molecular weight excluding hydrogens is 274 g/mol. The van der Waals surface area contributed by atoms with Gasteiger partial charge in [-0.2, -0.15) is 0 Å².